The Hall–Kier alpha value is -3.63. The predicted octanol–water partition coefficient (Wildman–Crippen LogP) is 6.04. The number of hydrogen-bond acceptors (Lipinski definition) is 4. The standard InChI is InChI=1S/C24H20F6N4O/c25-23(26,27)17-10-18(24(28,29)30)12-19(11-17)33-22(35)16-6-8-34(9-7-16)21-13-20(31-14-32-21)15-4-2-1-3-5-15/h1-5,10-14,16H,6-9H2,(H,33,35). The van der Waals surface area contributed by atoms with Gasteiger partial charge in [0, 0.05) is 36.3 Å². The van der Waals surface area contributed by atoms with Gasteiger partial charge in [0.15, 0.2) is 0 Å². The molecule has 3 aromatic rings. The number of hydrogen-bond donors (Lipinski definition) is 1. The van der Waals surface area contributed by atoms with Crippen LogP contribution in [0, 0.1) is 5.92 Å². The highest BCUT2D eigenvalue weighted by Gasteiger charge is 2.37. The third-order valence-electron chi connectivity index (χ3n) is 5.77. The fraction of sp³-hybridized carbons (Fsp3) is 0.292. The van der Waals surface area contributed by atoms with Crippen molar-refractivity contribution in [3.8, 4) is 11.3 Å². The Morgan fingerprint density at radius 3 is 2.03 bits per heavy atom. The number of nitrogens with zero attached hydrogens (tertiary/aromatic N) is 3. The zero-order valence-electron chi connectivity index (χ0n) is 18.2. The highest BCUT2D eigenvalue weighted by molar-refractivity contribution is 5.93. The molecule has 0 saturated carbocycles. The number of piperidine rings is 1. The minimum atomic E-state index is -4.98. The molecule has 184 valence electrons. The fourth-order valence-corrected chi connectivity index (χ4v) is 3.93. The third-order valence-corrected chi connectivity index (χ3v) is 5.77. The van der Waals surface area contributed by atoms with E-state index in [1.165, 1.54) is 6.33 Å². The summed E-state index contributed by atoms with van der Waals surface area (Å²) < 4.78 is 78.4. The smallest absolute Gasteiger partial charge is 0.356 e. The van der Waals surface area contributed by atoms with E-state index < -0.39 is 41.0 Å². The van der Waals surface area contributed by atoms with Gasteiger partial charge >= 0.3 is 12.4 Å². The number of carbonyl (C=O) groups excluding carboxylic acids is 1. The first-order valence-electron chi connectivity index (χ1n) is 10.7. The second kappa shape index (κ2) is 9.55. The normalized spacial score (nSPS) is 15.2. The molecule has 4 rings (SSSR count). The van der Waals surface area contributed by atoms with Crippen LogP contribution in [-0.4, -0.2) is 29.0 Å². The number of anilines is 2. The van der Waals surface area contributed by atoms with E-state index in [9.17, 15) is 31.1 Å². The Balaban J connectivity index is 1.43. The molecule has 0 radical (unpaired) electrons. The van der Waals surface area contributed by atoms with Crippen LogP contribution in [0.5, 0.6) is 0 Å². The number of benzene rings is 2. The first kappa shape index (κ1) is 24.5. The van der Waals surface area contributed by atoms with Gasteiger partial charge in [0.1, 0.15) is 12.1 Å². The zero-order chi connectivity index (χ0) is 25.2. The molecule has 0 spiro atoms. The van der Waals surface area contributed by atoms with Crippen molar-refractivity contribution in [1.82, 2.24) is 9.97 Å². The number of amides is 1. The zero-order valence-corrected chi connectivity index (χ0v) is 18.2. The van der Waals surface area contributed by atoms with Crippen molar-refractivity contribution in [2.24, 2.45) is 5.92 Å². The van der Waals surface area contributed by atoms with Gasteiger partial charge in [0.05, 0.1) is 16.8 Å². The maximum absolute atomic E-state index is 13.1. The minimum Gasteiger partial charge on any atom is -0.356 e. The van der Waals surface area contributed by atoms with Crippen LogP contribution >= 0.6 is 0 Å². The van der Waals surface area contributed by atoms with Crippen molar-refractivity contribution in [1.29, 1.82) is 0 Å². The first-order chi connectivity index (χ1) is 16.5. The van der Waals surface area contributed by atoms with E-state index in [0.29, 0.717) is 43.9 Å². The molecule has 5 nitrogen and oxygen atoms in total. The van der Waals surface area contributed by atoms with Gasteiger partial charge < -0.3 is 10.2 Å². The van der Waals surface area contributed by atoms with Crippen LogP contribution in [0.2, 0.25) is 0 Å². The summed E-state index contributed by atoms with van der Waals surface area (Å²) in [6.07, 6.45) is -7.80. The fourth-order valence-electron chi connectivity index (χ4n) is 3.93. The molecule has 0 bridgehead atoms. The first-order valence-corrected chi connectivity index (χ1v) is 10.7. The summed E-state index contributed by atoms with van der Waals surface area (Å²) in [5.41, 5.74) is -1.83. The minimum absolute atomic E-state index is 0.0273. The van der Waals surface area contributed by atoms with Gasteiger partial charge in [-0.1, -0.05) is 30.3 Å². The molecule has 0 unspecified atom stereocenters. The van der Waals surface area contributed by atoms with E-state index in [-0.39, 0.29) is 6.07 Å². The van der Waals surface area contributed by atoms with Crippen molar-refractivity contribution in [3.63, 3.8) is 0 Å². The highest BCUT2D eigenvalue weighted by Crippen LogP contribution is 2.38. The number of alkyl halides is 6. The SMILES string of the molecule is O=C(Nc1cc(C(F)(F)F)cc(C(F)(F)F)c1)C1CCN(c2cc(-c3ccccc3)ncn2)CC1. The van der Waals surface area contributed by atoms with Crippen LogP contribution in [0.4, 0.5) is 37.8 Å². The van der Waals surface area contributed by atoms with Gasteiger partial charge in [-0.2, -0.15) is 26.3 Å². The molecule has 1 aliphatic heterocycles. The number of halogens is 6. The monoisotopic (exact) mass is 494 g/mol. The largest absolute Gasteiger partial charge is 0.416 e. The number of aromatic nitrogens is 2. The quantitative estimate of drug-likeness (QED) is 0.450. The molecule has 0 aliphatic carbocycles. The number of nitrogens with one attached hydrogen (secondary N) is 1. The molecule has 2 aromatic carbocycles. The second-order valence-corrected chi connectivity index (χ2v) is 8.17. The molecule has 1 amide bonds. The lowest BCUT2D eigenvalue weighted by molar-refractivity contribution is -0.143. The average molecular weight is 494 g/mol. The lowest BCUT2D eigenvalue weighted by atomic mass is 9.95. The molecule has 1 fully saturated rings. The summed E-state index contributed by atoms with van der Waals surface area (Å²) in [6.45, 7) is 0.888. The predicted molar refractivity (Wildman–Crippen MR) is 117 cm³/mol. The molecule has 1 N–H and O–H groups in total. The Morgan fingerprint density at radius 2 is 1.46 bits per heavy atom. The van der Waals surface area contributed by atoms with Crippen LogP contribution in [-0.2, 0) is 17.1 Å². The van der Waals surface area contributed by atoms with Gasteiger partial charge in [0.25, 0.3) is 0 Å². The van der Waals surface area contributed by atoms with Gasteiger partial charge in [-0.25, -0.2) is 9.97 Å². The van der Waals surface area contributed by atoms with E-state index in [4.69, 9.17) is 0 Å². The molecular weight excluding hydrogens is 474 g/mol. The summed E-state index contributed by atoms with van der Waals surface area (Å²) in [5, 5.41) is 2.24. The Morgan fingerprint density at radius 1 is 0.857 bits per heavy atom. The highest BCUT2D eigenvalue weighted by atomic mass is 19.4. The van der Waals surface area contributed by atoms with E-state index in [1.807, 2.05) is 41.3 Å². The molecule has 1 aliphatic rings. The Kier molecular flexibility index (Phi) is 6.68. The van der Waals surface area contributed by atoms with E-state index in [2.05, 4.69) is 15.3 Å². The maximum atomic E-state index is 13.1. The summed E-state index contributed by atoms with van der Waals surface area (Å²) in [6, 6.07) is 12.4. The van der Waals surface area contributed by atoms with Crippen LogP contribution in [0.15, 0.2) is 60.9 Å². The molecular formula is C24H20F6N4O. The molecule has 11 heteroatoms. The van der Waals surface area contributed by atoms with Gasteiger partial charge in [0.2, 0.25) is 5.91 Å². The maximum Gasteiger partial charge on any atom is 0.416 e. The Bertz CT molecular complexity index is 1160. The number of carbonyl (C=O) groups is 1. The topological polar surface area (TPSA) is 58.1 Å². The number of rotatable bonds is 4. The molecule has 1 aromatic heterocycles. The lowest BCUT2D eigenvalue weighted by Crippen LogP contribution is -2.38. The average Bonchev–Trinajstić information content (AvgIpc) is 2.83. The van der Waals surface area contributed by atoms with Crippen molar-refractivity contribution in [2.75, 3.05) is 23.3 Å². The van der Waals surface area contributed by atoms with E-state index in [0.717, 1.165) is 11.3 Å². The van der Waals surface area contributed by atoms with Crippen molar-refractivity contribution in [2.45, 2.75) is 25.2 Å². The second-order valence-electron chi connectivity index (χ2n) is 8.17. The van der Waals surface area contributed by atoms with Gasteiger partial charge in [-0.05, 0) is 31.0 Å². The van der Waals surface area contributed by atoms with Crippen LogP contribution in [0.3, 0.4) is 0 Å². The Labute approximate surface area is 196 Å². The van der Waals surface area contributed by atoms with Gasteiger partial charge in [-0.15, -0.1) is 0 Å². The molecule has 2 heterocycles. The summed E-state index contributed by atoms with van der Waals surface area (Å²) in [5.74, 6) is -0.513. The van der Waals surface area contributed by atoms with Crippen molar-refractivity contribution in [3.05, 3.63) is 72.1 Å². The summed E-state index contributed by atoms with van der Waals surface area (Å²) >= 11 is 0. The van der Waals surface area contributed by atoms with E-state index >= 15 is 0 Å². The molecule has 0 atom stereocenters. The van der Waals surface area contributed by atoms with Crippen LogP contribution in [0.25, 0.3) is 11.3 Å². The summed E-state index contributed by atoms with van der Waals surface area (Å²) in [7, 11) is 0. The summed E-state index contributed by atoms with van der Waals surface area (Å²) in [4.78, 5) is 23.2. The van der Waals surface area contributed by atoms with Crippen LogP contribution < -0.4 is 10.2 Å². The van der Waals surface area contributed by atoms with Crippen LogP contribution in [0.1, 0.15) is 24.0 Å². The van der Waals surface area contributed by atoms with Crippen molar-refractivity contribution >= 4 is 17.4 Å². The third kappa shape index (κ3) is 5.90. The van der Waals surface area contributed by atoms with Crippen molar-refractivity contribution < 1.29 is 31.1 Å². The van der Waals surface area contributed by atoms with E-state index in [1.54, 1.807) is 0 Å². The molecule has 35 heavy (non-hydrogen) atoms. The van der Waals surface area contributed by atoms with Gasteiger partial charge in [-0.3, -0.25) is 4.79 Å². The lowest BCUT2D eigenvalue weighted by Gasteiger charge is -2.32. The molecule has 1 saturated heterocycles.